The summed E-state index contributed by atoms with van der Waals surface area (Å²) in [5.41, 5.74) is 1.40. The third-order valence-electron chi connectivity index (χ3n) is 4.05. The molecule has 0 spiro atoms. The smallest absolute Gasteiger partial charge is 0.274 e. The summed E-state index contributed by atoms with van der Waals surface area (Å²) in [6, 6.07) is 13.3. The SMILES string of the molecule is Cc1c(NC(=O)C2=NN(c3ccccc3)C(=O)CC2)cccc1[N+](=O)[O-]. The molecule has 26 heavy (non-hydrogen) atoms. The summed E-state index contributed by atoms with van der Waals surface area (Å²) in [5.74, 6) is -0.679. The van der Waals surface area contributed by atoms with Crippen LogP contribution in [0.5, 0.6) is 0 Å². The zero-order valence-corrected chi connectivity index (χ0v) is 14.0. The van der Waals surface area contributed by atoms with Gasteiger partial charge in [0.2, 0.25) is 5.91 Å². The van der Waals surface area contributed by atoms with Crippen LogP contribution in [0.3, 0.4) is 0 Å². The summed E-state index contributed by atoms with van der Waals surface area (Å²) in [4.78, 5) is 35.2. The number of benzene rings is 2. The predicted molar refractivity (Wildman–Crippen MR) is 97.1 cm³/mol. The van der Waals surface area contributed by atoms with E-state index >= 15 is 0 Å². The molecule has 3 rings (SSSR count). The highest BCUT2D eigenvalue weighted by molar-refractivity contribution is 6.44. The summed E-state index contributed by atoms with van der Waals surface area (Å²) in [7, 11) is 0. The van der Waals surface area contributed by atoms with Crippen molar-refractivity contribution in [1.82, 2.24) is 0 Å². The van der Waals surface area contributed by atoms with Gasteiger partial charge in [-0.25, -0.2) is 5.01 Å². The van der Waals surface area contributed by atoms with E-state index in [2.05, 4.69) is 10.4 Å². The third kappa shape index (κ3) is 3.44. The first-order valence-electron chi connectivity index (χ1n) is 7.98. The Morgan fingerprint density at radius 2 is 1.88 bits per heavy atom. The minimum atomic E-state index is -0.501. The molecule has 0 bridgehead atoms. The summed E-state index contributed by atoms with van der Waals surface area (Å²) < 4.78 is 0. The second-order valence-electron chi connectivity index (χ2n) is 5.75. The van der Waals surface area contributed by atoms with E-state index in [1.807, 2.05) is 6.07 Å². The van der Waals surface area contributed by atoms with Gasteiger partial charge in [-0.1, -0.05) is 24.3 Å². The topological polar surface area (TPSA) is 105 Å². The second kappa shape index (κ2) is 7.14. The number of hydrazone groups is 1. The first-order chi connectivity index (χ1) is 12.5. The lowest BCUT2D eigenvalue weighted by Gasteiger charge is -2.23. The van der Waals surface area contributed by atoms with Crippen molar-refractivity contribution in [3.05, 3.63) is 64.2 Å². The van der Waals surface area contributed by atoms with Gasteiger partial charge in [0.25, 0.3) is 11.6 Å². The van der Waals surface area contributed by atoms with Gasteiger partial charge in [-0.3, -0.25) is 19.7 Å². The average Bonchev–Trinajstić information content (AvgIpc) is 2.64. The van der Waals surface area contributed by atoms with Crippen molar-refractivity contribution >= 4 is 34.6 Å². The van der Waals surface area contributed by atoms with Crippen LogP contribution in [0.4, 0.5) is 17.1 Å². The van der Waals surface area contributed by atoms with Gasteiger partial charge in [0, 0.05) is 18.9 Å². The van der Waals surface area contributed by atoms with Gasteiger partial charge >= 0.3 is 0 Å². The maximum Gasteiger partial charge on any atom is 0.274 e. The highest BCUT2D eigenvalue weighted by Crippen LogP contribution is 2.26. The van der Waals surface area contributed by atoms with E-state index in [-0.39, 0.29) is 30.1 Å². The van der Waals surface area contributed by atoms with E-state index in [0.29, 0.717) is 16.9 Å². The fourth-order valence-electron chi connectivity index (χ4n) is 2.64. The quantitative estimate of drug-likeness (QED) is 0.674. The monoisotopic (exact) mass is 352 g/mol. The number of carbonyl (C=O) groups is 2. The normalized spacial score (nSPS) is 14.0. The molecule has 0 aliphatic carbocycles. The molecule has 8 nitrogen and oxygen atoms in total. The Bertz CT molecular complexity index is 909. The van der Waals surface area contributed by atoms with Gasteiger partial charge in [0.15, 0.2) is 0 Å². The lowest BCUT2D eigenvalue weighted by Crippen LogP contribution is -2.36. The molecule has 1 aliphatic heterocycles. The van der Waals surface area contributed by atoms with Crippen molar-refractivity contribution in [2.45, 2.75) is 19.8 Å². The van der Waals surface area contributed by atoms with Crippen molar-refractivity contribution in [2.24, 2.45) is 5.10 Å². The molecule has 2 amide bonds. The molecule has 132 valence electrons. The molecule has 0 atom stereocenters. The predicted octanol–water partition coefficient (Wildman–Crippen LogP) is 3.02. The fourth-order valence-corrected chi connectivity index (χ4v) is 2.64. The molecule has 2 aromatic rings. The Balaban J connectivity index is 1.85. The fraction of sp³-hybridized carbons (Fsp3) is 0.167. The van der Waals surface area contributed by atoms with Crippen LogP contribution in [-0.4, -0.2) is 22.4 Å². The first kappa shape index (κ1) is 17.3. The molecule has 2 aromatic carbocycles. The van der Waals surface area contributed by atoms with Crippen LogP contribution < -0.4 is 10.3 Å². The Kier molecular flexibility index (Phi) is 4.74. The molecule has 0 unspecified atom stereocenters. The zero-order valence-electron chi connectivity index (χ0n) is 14.0. The molecule has 1 heterocycles. The number of hydrogen-bond donors (Lipinski definition) is 1. The van der Waals surface area contributed by atoms with E-state index in [4.69, 9.17) is 0 Å². The van der Waals surface area contributed by atoms with E-state index in [1.54, 1.807) is 37.3 Å². The number of anilines is 2. The summed E-state index contributed by atoms with van der Waals surface area (Å²) in [6.45, 7) is 1.57. The Morgan fingerprint density at radius 1 is 1.15 bits per heavy atom. The van der Waals surface area contributed by atoms with Gasteiger partial charge < -0.3 is 5.32 Å². The standard InChI is InChI=1S/C18H16N4O4/c1-12-14(8-5-9-16(12)22(25)26)19-18(24)15-10-11-17(23)21(20-15)13-6-3-2-4-7-13/h2-9H,10-11H2,1H3,(H,19,24). The van der Waals surface area contributed by atoms with E-state index < -0.39 is 10.8 Å². The Hall–Kier alpha value is -3.55. The van der Waals surface area contributed by atoms with Gasteiger partial charge in [0.05, 0.1) is 21.9 Å². The van der Waals surface area contributed by atoms with Crippen LogP contribution in [0.1, 0.15) is 18.4 Å². The average molecular weight is 352 g/mol. The molecular weight excluding hydrogens is 336 g/mol. The van der Waals surface area contributed by atoms with Gasteiger partial charge in [0.1, 0.15) is 5.71 Å². The van der Waals surface area contributed by atoms with E-state index in [0.717, 1.165) is 0 Å². The number of carbonyl (C=O) groups excluding carboxylic acids is 2. The Morgan fingerprint density at radius 3 is 2.58 bits per heavy atom. The molecule has 0 saturated heterocycles. The second-order valence-corrected chi connectivity index (χ2v) is 5.75. The number of para-hydroxylation sites is 1. The number of nitro benzene ring substituents is 1. The van der Waals surface area contributed by atoms with Crippen LogP contribution in [0.15, 0.2) is 53.6 Å². The first-order valence-corrected chi connectivity index (χ1v) is 7.98. The maximum atomic E-state index is 12.5. The van der Waals surface area contributed by atoms with Crippen LogP contribution >= 0.6 is 0 Å². The number of nitrogens with one attached hydrogen (secondary N) is 1. The van der Waals surface area contributed by atoms with Crippen LogP contribution in [-0.2, 0) is 9.59 Å². The molecule has 8 heteroatoms. The lowest BCUT2D eigenvalue weighted by atomic mass is 10.1. The number of nitrogens with zero attached hydrogens (tertiary/aromatic N) is 3. The van der Waals surface area contributed by atoms with E-state index in [9.17, 15) is 19.7 Å². The summed E-state index contributed by atoms with van der Waals surface area (Å²) >= 11 is 0. The highest BCUT2D eigenvalue weighted by atomic mass is 16.6. The molecule has 0 saturated carbocycles. The number of rotatable bonds is 4. The van der Waals surface area contributed by atoms with Crippen LogP contribution in [0.25, 0.3) is 0 Å². The molecule has 0 aromatic heterocycles. The van der Waals surface area contributed by atoms with E-state index in [1.165, 1.54) is 17.1 Å². The largest absolute Gasteiger partial charge is 0.320 e. The third-order valence-corrected chi connectivity index (χ3v) is 4.05. The van der Waals surface area contributed by atoms with Crippen LogP contribution in [0.2, 0.25) is 0 Å². The molecule has 0 fully saturated rings. The minimum Gasteiger partial charge on any atom is -0.320 e. The van der Waals surface area contributed by atoms with Crippen molar-refractivity contribution in [2.75, 3.05) is 10.3 Å². The summed E-state index contributed by atoms with van der Waals surface area (Å²) in [6.07, 6.45) is 0.372. The maximum absolute atomic E-state index is 12.5. The van der Waals surface area contributed by atoms with Gasteiger partial charge in [-0.2, -0.15) is 5.10 Å². The van der Waals surface area contributed by atoms with Crippen molar-refractivity contribution in [1.29, 1.82) is 0 Å². The number of nitro groups is 1. The zero-order chi connectivity index (χ0) is 18.7. The molecular formula is C18H16N4O4. The number of amides is 2. The van der Waals surface area contributed by atoms with Crippen LogP contribution in [0, 0.1) is 17.0 Å². The number of hydrogen-bond acceptors (Lipinski definition) is 5. The molecule has 0 radical (unpaired) electrons. The molecule has 1 aliphatic rings. The minimum absolute atomic E-state index is 0.0746. The van der Waals surface area contributed by atoms with Crippen molar-refractivity contribution in [3.63, 3.8) is 0 Å². The lowest BCUT2D eigenvalue weighted by molar-refractivity contribution is -0.385. The van der Waals surface area contributed by atoms with Crippen molar-refractivity contribution in [3.8, 4) is 0 Å². The molecule has 1 N–H and O–H groups in total. The summed E-state index contributed by atoms with van der Waals surface area (Å²) in [5, 5.41) is 19.1. The van der Waals surface area contributed by atoms with Gasteiger partial charge in [-0.05, 0) is 25.1 Å². The van der Waals surface area contributed by atoms with Gasteiger partial charge in [-0.15, -0.1) is 0 Å². The Labute approximate surface area is 149 Å². The van der Waals surface area contributed by atoms with Crippen molar-refractivity contribution < 1.29 is 14.5 Å². The highest BCUT2D eigenvalue weighted by Gasteiger charge is 2.26.